The van der Waals surface area contributed by atoms with E-state index in [0.717, 1.165) is 31.6 Å². The Bertz CT molecular complexity index is 161. The van der Waals surface area contributed by atoms with Crippen LogP contribution in [0, 0.1) is 17.8 Å². The van der Waals surface area contributed by atoms with Crippen LogP contribution in [0.2, 0.25) is 0 Å². The summed E-state index contributed by atoms with van der Waals surface area (Å²) < 4.78 is 5.80. The highest BCUT2D eigenvalue weighted by Gasteiger charge is 2.23. The van der Waals surface area contributed by atoms with Gasteiger partial charge in [-0.3, -0.25) is 0 Å². The van der Waals surface area contributed by atoms with Crippen molar-refractivity contribution >= 4 is 0 Å². The van der Waals surface area contributed by atoms with E-state index in [9.17, 15) is 0 Å². The van der Waals surface area contributed by atoms with Crippen LogP contribution in [0.5, 0.6) is 0 Å². The first-order chi connectivity index (χ1) is 7.27. The molecule has 2 heteroatoms. The molecule has 90 valence electrons. The molecule has 1 saturated carbocycles. The molecule has 15 heavy (non-hydrogen) atoms. The Hall–Kier alpha value is -0.0800. The molecule has 2 N–H and O–H groups in total. The van der Waals surface area contributed by atoms with Gasteiger partial charge in [-0.05, 0) is 37.1 Å². The molecule has 0 heterocycles. The third-order valence-electron chi connectivity index (χ3n) is 3.80. The minimum Gasteiger partial charge on any atom is -0.381 e. The molecule has 1 fully saturated rings. The Balaban J connectivity index is 2.17. The van der Waals surface area contributed by atoms with Gasteiger partial charge in [0.25, 0.3) is 0 Å². The lowest BCUT2D eigenvalue weighted by atomic mass is 9.80. The van der Waals surface area contributed by atoms with Crippen molar-refractivity contribution in [2.75, 3.05) is 19.8 Å². The van der Waals surface area contributed by atoms with E-state index in [2.05, 4.69) is 13.8 Å². The second-order valence-corrected chi connectivity index (χ2v) is 5.09. The van der Waals surface area contributed by atoms with Gasteiger partial charge >= 0.3 is 0 Å². The van der Waals surface area contributed by atoms with Gasteiger partial charge in [0.05, 0.1) is 0 Å². The zero-order valence-electron chi connectivity index (χ0n) is 10.4. The van der Waals surface area contributed by atoms with E-state index in [1.807, 2.05) is 0 Å². The topological polar surface area (TPSA) is 35.2 Å². The van der Waals surface area contributed by atoms with Gasteiger partial charge in [0.2, 0.25) is 0 Å². The Morgan fingerprint density at radius 1 is 1.27 bits per heavy atom. The van der Waals surface area contributed by atoms with Crippen molar-refractivity contribution in [2.45, 2.75) is 46.0 Å². The molecule has 1 aliphatic carbocycles. The molecular formula is C13H27NO. The first-order valence-corrected chi connectivity index (χ1v) is 6.55. The van der Waals surface area contributed by atoms with E-state index in [4.69, 9.17) is 10.5 Å². The highest BCUT2D eigenvalue weighted by Crippen LogP contribution is 2.29. The number of nitrogens with two attached hydrogens (primary N) is 1. The maximum atomic E-state index is 5.80. The minimum atomic E-state index is 0.699. The van der Waals surface area contributed by atoms with E-state index in [0.29, 0.717) is 5.92 Å². The van der Waals surface area contributed by atoms with Gasteiger partial charge in [-0.15, -0.1) is 0 Å². The number of hydrogen-bond donors (Lipinski definition) is 1. The smallest absolute Gasteiger partial charge is 0.0497 e. The van der Waals surface area contributed by atoms with E-state index in [1.54, 1.807) is 0 Å². The lowest BCUT2D eigenvalue weighted by molar-refractivity contribution is 0.0435. The fourth-order valence-electron chi connectivity index (χ4n) is 2.35. The third-order valence-corrected chi connectivity index (χ3v) is 3.80. The second-order valence-electron chi connectivity index (χ2n) is 5.09. The lowest BCUT2D eigenvalue weighted by Gasteiger charge is -2.30. The quantitative estimate of drug-likeness (QED) is 0.736. The predicted octanol–water partition coefficient (Wildman–Crippen LogP) is 2.81. The zero-order chi connectivity index (χ0) is 11.1. The normalized spacial score (nSPS) is 29.0. The predicted molar refractivity (Wildman–Crippen MR) is 64.8 cm³/mol. The summed E-state index contributed by atoms with van der Waals surface area (Å²) in [6.45, 7) is 7.17. The molecular weight excluding hydrogens is 186 g/mol. The van der Waals surface area contributed by atoms with Crippen LogP contribution in [-0.4, -0.2) is 19.8 Å². The van der Waals surface area contributed by atoms with Crippen molar-refractivity contribution in [1.82, 2.24) is 0 Å². The summed E-state index contributed by atoms with van der Waals surface area (Å²) in [6, 6.07) is 0. The Labute approximate surface area is 94.6 Å². The molecule has 0 aromatic heterocycles. The summed E-state index contributed by atoms with van der Waals surface area (Å²) >= 11 is 0. The van der Waals surface area contributed by atoms with Crippen molar-refractivity contribution in [3.8, 4) is 0 Å². The van der Waals surface area contributed by atoms with Crippen LogP contribution in [-0.2, 0) is 4.74 Å². The SMILES string of the molecule is CCC(C)COCC1CCCCC1CN. The number of hydrogen-bond acceptors (Lipinski definition) is 2. The maximum Gasteiger partial charge on any atom is 0.0497 e. The second kappa shape index (κ2) is 7.24. The molecule has 3 atom stereocenters. The van der Waals surface area contributed by atoms with Crippen molar-refractivity contribution in [2.24, 2.45) is 23.5 Å². The molecule has 0 spiro atoms. The van der Waals surface area contributed by atoms with Crippen LogP contribution < -0.4 is 5.73 Å². The van der Waals surface area contributed by atoms with Gasteiger partial charge in [0.15, 0.2) is 0 Å². The highest BCUT2D eigenvalue weighted by molar-refractivity contribution is 4.75. The molecule has 3 unspecified atom stereocenters. The Morgan fingerprint density at radius 2 is 1.93 bits per heavy atom. The monoisotopic (exact) mass is 213 g/mol. The Morgan fingerprint density at radius 3 is 2.53 bits per heavy atom. The minimum absolute atomic E-state index is 0.699. The van der Waals surface area contributed by atoms with E-state index < -0.39 is 0 Å². The van der Waals surface area contributed by atoms with Gasteiger partial charge in [0.1, 0.15) is 0 Å². The summed E-state index contributed by atoms with van der Waals surface area (Å²) in [7, 11) is 0. The standard InChI is InChI=1S/C13H27NO/c1-3-11(2)9-15-10-13-7-5-4-6-12(13)8-14/h11-13H,3-10,14H2,1-2H3. The van der Waals surface area contributed by atoms with Crippen molar-refractivity contribution in [1.29, 1.82) is 0 Å². The lowest BCUT2D eigenvalue weighted by Crippen LogP contribution is -2.30. The van der Waals surface area contributed by atoms with Crippen LogP contribution in [0.25, 0.3) is 0 Å². The van der Waals surface area contributed by atoms with Gasteiger partial charge in [0, 0.05) is 13.2 Å². The fraction of sp³-hybridized carbons (Fsp3) is 1.00. The van der Waals surface area contributed by atoms with Gasteiger partial charge < -0.3 is 10.5 Å². The van der Waals surface area contributed by atoms with Gasteiger partial charge in [-0.1, -0.05) is 33.1 Å². The van der Waals surface area contributed by atoms with E-state index in [1.165, 1.54) is 32.1 Å². The molecule has 0 aromatic carbocycles. The van der Waals surface area contributed by atoms with Crippen LogP contribution in [0.1, 0.15) is 46.0 Å². The summed E-state index contributed by atoms with van der Waals surface area (Å²) in [5, 5.41) is 0. The molecule has 0 saturated heterocycles. The van der Waals surface area contributed by atoms with Crippen molar-refractivity contribution < 1.29 is 4.74 Å². The largest absolute Gasteiger partial charge is 0.381 e. The van der Waals surface area contributed by atoms with Crippen molar-refractivity contribution in [3.63, 3.8) is 0 Å². The molecule has 0 amide bonds. The number of rotatable bonds is 6. The first-order valence-electron chi connectivity index (χ1n) is 6.55. The van der Waals surface area contributed by atoms with Crippen LogP contribution >= 0.6 is 0 Å². The van der Waals surface area contributed by atoms with Crippen LogP contribution in [0.3, 0.4) is 0 Å². The number of ether oxygens (including phenoxy) is 1. The molecule has 2 nitrogen and oxygen atoms in total. The first kappa shape index (κ1) is 13.0. The van der Waals surface area contributed by atoms with Crippen LogP contribution in [0.15, 0.2) is 0 Å². The zero-order valence-corrected chi connectivity index (χ0v) is 10.4. The fourth-order valence-corrected chi connectivity index (χ4v) is 2.35. The highest BCUT2D eigenvalue weighted by atomic mass is 16.5. The average molecular weight is 213 g/mol. The third kappa shape index (κ3) is 4.52. The summed E-state index contributed by atoms with van der Waals surface area (Å²) in [5.74, 6) is 2.15. The van der Waals surface area contributed by atoms with Crippen LogP contribution in [0.4, 0.5) is 0 Å². The van der Waals surface area contributed by atoms with Gasteiger partial charge in [-0.25, -0.2) is 0 Å². The van der Waals surface area contributed by atoms with E-state index >= 15 is 0 Å². The maximum absolute atomic E-state index is 5.80. The van der Waals surface area contributed by atoms with Crippen molar-refractivity contribution in [3.05, 3.63) is 0 Å². The summed E-state index contributed by atoms with van der Waals surface area (Å²) in [6.07, 6.45) is 6.58. The summed E-state index contributed by atoms with van der Waals surface area (Å²) in [4.78, 5) is 0. The van der Waals surface area contributed by atoms with E-state index in [-0.39, 0.29) is 0 Å². The molecule has 0 aromatic rings. The Kier molecular flexibility index (Phi) is 6.26. The molecule has 1 aliphatic rings. The van der Waals surface area contributed by atoms with Gasteiger partial charge in [-0.2, -0.15) is 0 Å². The average Bonchev–Trinajstić information content (AvgIpc) is 2.29. The molecule has 1 rings (SSSR count). The summed E-state index contributed by atoms with van der Waals surface area (Å²) in [5.41, 5.74) is 5.80. The molecule has 0 radical (unpaired) electrons. The molecule has 0 bridgehead atoms. The molecule has 0 aliphatic heterocycles.